The van der Waals surface area contributed by atoms with Gasteiger partial charge in [0.1, 0.15) is 5.82 Å². The molecule has 8 heteroatoms. The summed E-state index contributed by atoms with van der Waals surface area (Å²) in [5.41, 5.74) is 0.374. The molecule has 142 valence electrons. The topological polar surface area (TPSA) is 81.7 Å². The lowest BCUT2D eigenvalue weighted by atomic mass is 10.2. The minimum Gasteiger partial charge on any atom is -0.459 e. The number of halogens is 2. The van der Waals surface area contributed by atoms with E-state index >= 15 is 0 Å². The predicted molar refractivity (Wildman–Crippen MR) is 97.3 cm³/mol. The van der Waals surface area contributed by atoms with E-state index in [1.54, 1.807) is 13.8 Å². The summed E-state index contributed by atoms with van der Waals surface area (Å²) in [6.45, 7) is 2.87. The van der Waals surface area contributed by atoms with E-state index in [2.05, 4.69) is 5.32 Å². The standard InChI is InChI=1S/C19H17ClFNO5/c1-11(2)27-18(24)12-3-6-14(7-4-12)22-17(23)10-26-19(25)15-9-13(20)5-8-16(15)21/h3-9,11H,10H2,1-2H3,(H,22,23). The van der Waals surface area contributed by atoms with Gasteiger partial charge in [0.25, 0.3) is 5.91 Å². The Bertz CT molecular complexity index is 852. The van der Waals surface area contributed by atoms with Gasteiger partial charge >= 0.3 is 11.9 Å². The number of rotatable bonds is 6. The maximum atomic E-state index is 13.6. The molecule has 1 amide bonds. The Morgan fingerprint density at radius 1 is 1.07 bits per heavy atom. The Labute approximate surface area is 160 Å². The second kappa shape index (κ2) is 9.14. The van der Waals surface area contributed by atoms with Crippen LogP contribution in [0.1, 0.15) is 34.6 Å². The molecule has 6 nitrogen and oxygen atoms in total. The molecule has 0 atom stereocenters. The van der Waals surface area contributed by atoms with Crippen LogP contribution in [-0.2, 0) is 14.3 Å². The maximum Gasteiger partial charge on any atom is 0.341 e. The van der Waals surface area contributed by atoms with E-state index in [1.165, 1.54) is 30.3 Å². The van der Waals surface area contributed by atoms with Crippen molar-refractivity contribution in [3.8, 4) is 0 Å². The van der Waals surface area contributed by atoms with Gasteiger partial charge in [-0.25, -0.2) is 14.0 Å². The van der Waals surface area contributed by atoms with Gasteiger partial charge in [0.05, 0.1) is 17.2 Å². The lowest BCUT2D eigenvalue weighted by molar-refractivity contribution is -0.119. The van der Waals surface area contributed by atoms with Gasteiger partial charge in [-0.1, -0.05) is 11.6 Å². The minimum atomic E-state index is -1.00. The van der Waals surface area contributed by atoms with Gasteiger partial charge in [-0.3, -0.25) is 4.79 Å². The fraction of sp³-hybridized carbons (Fsp3) is 0.211. The van der Waals surface area contributed by atoms with E-state index in [4.69, 9.17) is 21.1 Å². The summed E-state index contributed by atoms with van der Waals surface area (Å²) in [7, 11) is 0. The molecule has 0 aliphatic rings. The van der Waals surface area contributed by atoms with Crippen molar-refractivity contribution in [3.05, 3.63) is 64.4 Å². The molecule has 0 heterocycles. The Kier molecular flexibility index (Phi) is 6.90. The first-order chi connectivity index (χ1) is 12.8. The van der Waals surface area contributed by atoms with Crippen molar-refractivity contribution >= 4 is 35.1 Å². The molecule has 0 aliphatic carbocycles. The third kappa shape index (κ3) is 6.07. The number of hydrogen-bond acceptors (Lipinski definition) is 5. The number of carbonyl (C=O) groups is 3. The second-order valence-corrected chi connectivity index (χ2v) is 6.22. The minimum absolute atomic E-state index is 0.170. The Balaban J connectivity index is 1.89. The molecular formula is C19H17ClFNO5. The van der Waals surface area contributed by atoms with E-state index in [0.717, 1.165) is 12.1 Å². The summed E-state index contributed by atoms with van der Waals surface area (Å²) in [5.74, 6) is -2.89. The molecule has 0 fully saturated rings. The van der Waals surface area contributed by atoms with Crippen molar-refractivity contribution in [2.45, 2.75) is 20.0 Å². The first kappa shape index (κ1) is 20.4. The fourth-order valence-electron chi connectivity index (χ4n) is 2.03. The number of hydrogen-bond donors (Lipinski definition) is 1. The van der Waals surface area contributed by atoms with Crippen LogP contribution in [0.3, 0.4) is 0 Å². The van der Waals surface area contributed by atoms with E-state index in [0.29, 0.717) is 11.3 Å². The Hall–Kier alpha value is -2.93. The summed E-state index contributed by atoms with van der Waals surface area (Å²) >= 11 is 5.71. The number of amides is 1. The Morgan fingerprint density at radius 3 is 2.37 bits per heavy atom. The van der Waals surface area contributed by atoms with E-state index < -0.39 is 30.3 Å². The van der Waals surface area contributed by atoms with E-state index in [1.807, 2.05) is 0 Å². The van der Waals surface area contributed by atoms with Crippen LogP contribution in [0.25, 0.3) is 0 Å². The highest BCUT2D eigenvalue weighted by Crippen LogP contribution is 2.16. The van der Waals surface area contributed by atoms with Gasteiger partial charge in [-0.05, 0) is 56.3 Å². The zero-order chi connectivity index (χ0) is 20.0. The van der Waals surface area contributed by atoms with Crippen molar-refractivity contribution in [3.63, 3.8) is 0 Å². The highest BCUT2D eigenvalue weighted by Gasteiger charge is 2.16. The quantitative estimate of drug-likeness (QED) is 0.754. The predicted octanol–water partition coefficient (Wildman–Crippen LogP) is 3.84. The number of anilines is 1. The first-order valence-electron chi connectivity index (χ1n) is 7.99. The summed E-state index contributed by atoms with van der Waals surface area (Å²) in [5, 5.41) is 2.66. The molecule has 0 unspecified atom stereocenters. The highest BCUT2D eigenvalue weighted by molar-refractivity contribution is 6.30. The van der Waals surface area contributed by atoms with Gasteiger partial charge in [0.2, 0.25) is 0 Å². The molecule has 2 aromatic rings. The molecule has 0 spiro atoms. The van der Waals surface area contributed by atoms with Crippen LogP contribution in [0.5, 0.6) is 0 Å². The van der Waals surface area contributed by atoms with Crippen LogP contribution < -0.4 is 5.32 Å². The summed E-state index contributed by atoms with van der Waals surface area (Å²) in [4.78, 5) is 35.4. The highest BCUT2D eigenvalue weighted by atomic mass is 35.5. The summed E-state index contributed by atoms with van der Waals surface area (Å²) in [6, 6.07) is 9.44. The van der Waals surface area contributed by atoms with Gasteiger partial charge in [0.15, 0.2) is 6.61 Å². The monoisotopic (exact) mass is 393 g/mol. The van der Waals surface area contributed by atoms with Crippen LogP contribution in [-0.4, -0.2) is 30.6 Å². The largest absolute Gasteiger partial charge is 0.459 e. The van der Waals surface area contributed by atoms with E-state index in [9.17, 15) is 18.8 Å². The number of nitrogens with one attached hydrogen (secondary N) is 1. The lowest BCUT2D eigenvalue weighted by Crippen LogP contribution is -2.21. The Morgan fingerprint density at radius 2 is 1.74 bits per heavy atom. The lowest BCUT2D eigenvalue weighted by Gasteiger charge is -2.09. The van der Waals surface area contributed by atoms with Gasteiger partial charge in [-0.2, -0.15) is 0 Å². The smallest absolute Gasteiger partial charge is 0.341 e. The normalized spacial score (nSPS) is 10.4. The molecule has 0 aromatic heterocycles. The van der Waals surface area contributed by atoms with Crippen LogP contribution in [0.2, 0.25) is 5.02 Å². The molecule has 2 aromatic carbocycles. The van der Waals surface area contributed by atoms with Gasteiger partial charge in [-0.15, -0.1) is 0 Å². The van der Waals surface area contributed by atoms with Crippen molar-refractivity contribution in [1.82, 2.24) is 0 Å². The van der Waals surface area contributed by atoms with Crippen molar-refractivity contribution < 1.29 is 28.2 Å². The summed E-state index contributed by atoms with van der Waals surface area (Å²) < 4.78 is 23.4. The number of carbonyl (C=O) groups excluding carboxylic acids is 3. The van der Waals surface area contributed by atoms with Gasteiger partial charge < -0.3 is 14.8 Å². The maximum absolute atomic E-state index is 13.6. The SMILES string of the molecule is CC(C)OC(=O)c1ccc(NC(=O)COC(=O)c2cc(Cl)ccc2F)cc1. The fourth-order valence-corrected chi connectivity index (χ4v) is 2.20. The molecule has 27 heavy (non-hydrogen) atoms. The van der Waals surface area contributed by atoms with Crippen molar-refractivity contribution in [1.29, 1.82) is 0 Å². The second-order valence-electron chi connectivity index (χ2n) is 5.78. The molecule has 0 saturated heterocycles. The van der Waals surface area contributed by atoms with Gasteiger partial charge in [0, 0.05) is 10.7 Å². The molecule has 2 rings (SSSR count). The molecule has 0 bridgehead atoms. The third-order valence-electron chi connectivity index (χ3n) is 3.23. The van der Waals surface area contributed by atoms with Crippen LogP contribution in [0, 0.1) is 5.82 Å². The third-order valence-corrected chi connectivity index (χ3v) is 3.46. The van der Waals surface area contributed by atoms with Crippen LogP contribution in [0.15, 0.2) is 42.5 Å². The first-order valence-corrected chi connectivity index (χ1v) is 8.37. The summed E-state index contributed by atoms with van der Waals surface area (Å²) in [6.07, 6.45) is -0.240. The van der Waals surface area contributed by atoms with Crippen molar-refractivity contribution in [2.75, 3.05) is 11.9 Å². The molecule has 1 N–H and O–H groups in total. The zero-order valence-electron chi connectivity index (χ0n) is 14.6. The molecule has 0 radical (unpaired) electrons. The van der Waals surface area contributed by atoms with Crippen LogP contribution in [0.4, 0.5) is 10.1 Å². The number of esters is 2. The average Bonchev–Trinajstić information content (AvgIpc) is 2.61. The zero-order valence-corrected chi connectivity index (χ0v) is 15.4. The number of ether oxygens (including phenoxy) is 2. The van der Waals surface area contributed by atoms with Crippen molar-refractivity contribution in [2.24, 2.45) is 0 Å². The van der Waals surface area contributed by atoms with Crippen LogP contribution >= 0.6 is 11.6 Å². The molecule has 0 saturated carbocycles. The average molecular weight is 394 g/mol. The van der Waals surface area contributed by atoms with E-state index in [-0.39, 0.29) is 16.7 Å². The molecule has 0 aliphatic heterocycles. The molecular weight excluding hydrogens is 377 g/mol. The number of benzene rings is 2.